The van der Waals surface area contributed by atoms with Gasteiger partial charge in [0.15, 0.2) is 0 Å². The van der Waals surface area contributed by atoms with Crippen molar-refractivity contribution in [2.24, 2.45) is 0 Å². The highest BCUT2D eigenvalue weighted by atomic mass is 19.4. The van der Waals surface area contributed by atoms with Crippen LogP contribution >= 0.6 is 0 Å². The molecule has 1 N–H and O–H groups in total. The van der Waals surface area contributed by atoms with Crippen LogP contribution in [0.15, 0.2) is 24.3 Å². The number of carbonyl (C=O) groups is 1. The zero-order valence-corrected chi connectivity index (χ0v) is 12.1. The largest absolute Gasteiger partial charge is 0.522 e. The number of carbonyl (C=O) groups excluding carboxylic acids is 1. The number of alkyl halides is 3. The summed E-state index contributed by atoms with van der Waals surface area (Å²) >= 11 is 0. The maximum Gasteiger partial charge on any atom is 0.522 e. The molecule has 1 amide bonds. The minimum atomic E-state index is -4.66. The first kappa shape index (κ1) is 17.3. The standard InChI is InChI=1S/C14H18F3NO3/c1-13(2,3)21-12(19)18-8-10-5-4-6-11(7-10)9-20-14(15,16)17/h4-7H,8-9H2,1-3H3,(H,18,19). The van der Waals surface area contributed by atoms with E-state index in [1.54, 1.807) is 32.9 Å². The average molecular weight is 305 g/mol. The summed E-state index contributed by atoms with van der Waals surface area (Å²) in [7, 11) is 0. The van der Waals surface area contributed by atoms with E-state index in [-0.39, 0.29) is 6.54 Å². The van der Waals surface area contributed by atoms with Crippen molar-refractivity contribution in [1.29, 1.82) is 0 Å². The summed E-state index contributed by atoms with van der Waals surface area (Å²) in [4.78, 5) is 11.5. The van der Waals surface area contributed by atoms with Crippen molar-refractivity contribution in [1.82, 2.24) is 5.32 Å². The number of hydrogen-bond acceptors (Lipinski definition) is 3. The van der Waals surface area contributed by atoms with Gasteiger partial charge in [0, 0.05) is 6.54 Å². The molecule has 0 bridgehead atoms. The number of amides is 1. The van der Waals surface area contributed by atoms with Crippen LogP contribution in [0.2, 0.25) is 0 Å². The molecule has 7 heteroatoms. The zero-order valence-electron chi connectivity index (χ0n) is 12.1. The molecular formula is C14H18F3NO3. The Balaban J connectivity index is 2.51. The Morgan fingerprint density at radius 2 is 1.81 bits per heavy atom. The van der Waals surface area contributed by atoms with Crippen LogP contribution in [0.1, 0.15) is 31.9 Å². The van der Waals surface area contributed by atoms with Gasteiger partial charge in [-0.05, 0) is 31.9 Å². The monoisotopic (exact) mass is 305 g/mol. The smallest absolute Gasteiger partial charge is 0.444 e. The number of halogens is 3. The lowest BCUT2D eigenvalue weighted by atomic mass is 10.1. The molecule has 21 heavy (non-hydrogen) atoms. The van der Waals surface area contributed by atoms with E-state index >= 15 is 0 Å². The fourth-order valence-corrected chi connectivity index (χ4v) is 1.48. The van der Waals surface area contributed by atoms with Crippen molar-refractivity contribution in [2.45, 2.75) is 45.9 Å². The van der Waals surface area contributed by atoms with E-state index in [2.05, 4.69) is 10.1 Å². The van der Waals surface area contributed by atoms with Gasteiger partial charge in [0.2, 0.25) is 0 Å². The first-order valence-corrected chi connectivity index (χ1v) is 6.30. The van der Waals surface area contributed by atoms with Gasteiger partial charge in [-0.25, -0.2) is 4.79 Å². The molecule has 0 heterocycles. The number of benzene rings is 1. The van der Waals surface area contributed by atoms with Gasteiger partial charge in [0.1, 0.15) is 5.60 Å². The van der Waals surface area contributed by atoms with Crippen LogP contribution in [0.25, 0.3) is 0 Å². The predicted molar refractivity (Wildman–Crippen MR) is 70.4 cm³/mol. The van der Waals surface area contributed by atoms with Crippen molar-refractivity contribution in [2.75, 3.05) is 0 Å². The van der Waals surface area contributed by atoms with Gasteiger partial charge in [-0.3, -0.25) is 4.74 Å². The van der Waals surface area contributed by atoms with Crippen LogP contribution in [-0.2, 0) is 22.6 Å². The fourth-order valence-electron chi connectivity index (χ4n) is 1.48. The Morgan fingerprint density at radius 1 is 1.19 bits per heavy atom. The molecule has 1 aromatic rings. The molecule has 4 nitrogen and oxygen atoms in total. The van der Waals surface area contributed by atoms with Gasteiger partial charge < -0.3 is 10.1 Å². The van der Waals surface area contributed by atoms with E-state index in [0.29, 0.717) is 11.1 Å². The zero-order chi connectivity index (χ0) is 16.1. The lowest BCUT2D eigenvalue weighted by molar-refractivity contribution is -0.330. The average Bonchev–Trinajstić information content (AvgIpc) is 2.32. The van der Waals surface area contributed by atoms with Crippen LogP contribution in [0.5, 0.6) is 0 Å². The molecule has 0 unspecified atom stereocenters. The van der Waals surface area contributed by atoms with Crippen molar-refractivity contribution in [3.05, 3.63) is 35.4 Å². The van der Waals surface area contributed by atoms with E-state index in [4.69, 9.17) is 4.74 Å². The Labute approximate surface area is 121 Å². The fraction of sp³-hybridized carbons (Fsp3) is 0.500. The molecule has 0 aliphatic rings. The third kappa shape index (κ3) is 8.19. The molecule has 0 aromatic heterocycles. The Hall–Kier alpha value is -1.76. The first-order chi connectivity index (χ1) is 9.55. The summed E-state index contributed by atoms with van der Waals surface area (Å²) < 4.78 is 44.7. The second kappa shape index (κ2) is 6.80. The highest BCUT2D eigenvalue weighted by molar-refractivity contribution is 5.67. The summed E-state index contributed by atoms with van der Waals surface area (Å²) in [5.41, 5.74) is 0.423. The van der Waals surface area contributed by atoms with Crippen molar-refractivity contribution >= 4 is 6.09 Å². The molecule has 118 valence electrons. The second-order valence-corrected chi connectivity index (χ2v) is 5.41. The van der Waals surface area contributed by atoms with Gasteiger partial charge in [0.25, 0.3) is 0 Å². The maximum absolute atomic E-state index is 12.0. The quantitative estimate of drug-likeness (QED) is 0.921. The van der Waals surface area contributed by atoms with Gasteiger partial charge in [-0.1, -0.05) is 24.3 Å². The minimum absolute atomic E-state index is 0.161. The normalized spacial score (nSPS) is 12.1. The van der Waals surface area contributed by atoms with E-state index in [1.165, 1.54) is 12.1 Å². The molecule has 0 aliphatic heterocycles. The summed E-state index contributed by atoms with van der Waals surface area (Å²) in [6.45, 7) is 4.81. The van der Waals surface area contributed by atoms with Crippen LogP contribution in [0, 0.1) is 0 Å². The minimum Gasteiger partial charge on any atom is -0.444 e. The molecule has 0 saturated carbocycles. The van der Waals surface area contributed by atoms with Crippen LogP contribution in [0.4, 0.5) is 18.0 Å². The van der Waals surface area contributed by atoms with E-state index in [1.807, 2.05) is 0 Å². The maximum atomic E-state index is 12.0. The first-order valence-electron chi connectivity index (χ1n) is 6.30. The topological polar surface area (TPSA) is 47.6 Å². The molecule has 0 saturated heterocycles. The van der Waals surface area contributed by atoms with Gasteiger partial charge in [-0.2, -0.15) is 0 Å². The van der Waals surface area contributed by atoms with Gasteiger partial charge in [-0.15, -0.1) is 13.2 Å². The molecule has 1 rings (SSSR count). The SMILES string of the molecule is CC(C)(C)OC(=O)NCc1cccc(COC(F)(F)F)c1. The molecule has 1 aromatic carbocycles. The third-order valence-electron chi connectivity index (χ3n) is 2.23. The second-order valence-electron chi connectivity index (χ2n) is 5.41. The lowest BCUT2D eigenvalue weighted by Crippen LogP contribution is -2.32. The highest BCUT2D eigenvalue weighted by Gasteiger charge is 2.28. The van der Waals surface area contributed by atoms with E-state index in [9.17, 15) is 18.0 Å². The number of nitrogens with one attached hydrogen (secondary N) is 1. The Morgan fingerprint density at radius 3 is 2.38 bits per heavy atom. The molecule has 0 fully saturated rings. The van der Waals surface area contributed by atoms with Crippen molar-refractivity contribution in [3.63, 3.8) is 0 Å². The number of hydrogen-bond donors (Lipinski definition) is 1. The molecule has 0 spiro atoms. The van der Waals surface area contributed by atoms with Crippen LogP contribution in [0.3, 0.4) is 0 Å². The Kier molecular flexibility index (Phi) is 5.60. The lowest BCUT2D eigenvalue weighted by Gasteiger charge is -2.19. The van der Waals surface area contributed by atoms with E-state index < -0.39 is 24.7 Å². The van der Waals surface area contributed by atoms with Crippen LogP contribution < -0.4 is 5.32 Å². The summed E-state index contributed by atoms with van der Waals surface area (Å²) in [6, 6.07) is 6.33. The number of ether oxygens (including phenoxy) is 2. The Bertz CT molecular complexity index is 481. The van der Waals surface area contributed by atoms with Crippen molar-refractivity contribution < 1.29 is 27.4 Å². The van der Waals surface area contributed by atoms with Gasteiger partial charge in [0.05, 0.1) is 6.61 Å². The molecule has 0 aliphatic carbocycles. The van der Waals surface area contributed by atoms with E-state index in [0.717, 1.165) is 0 Å². The number of alkyl carbamates (subject to hydrolysis) is 1. The molecule has 0 atom stereocenters. The molecule has 0 radical (unpaired) electrons. The van der Waals surface area contributed by atoms with Crippen LogP contribution in [-0.4, -0.2) is 18.1 Å². The summed E-state index contributed by atoms with van der Waals surface area (Å²) in [6.07, 6.45) is -5.25. The summed E-state index contributed by atoms with van der Waals surface area (Å²) in [5, 5.41) is 2.53. The van der Waals surface area contributed by atoms with Gasteiger partial charge >= 0.3 is 12.5 Å². The van der Waals surface area contributed by atoms with Crippen molar-refractivity contribution in [3.8, 4) is 0 Å². The summed E-state index contributed by atoms with van der Waals surface area (Å²) in [5.74, 6) is 0. The predicted octanol–water partition coefficient (Wildman–Crippen LogP) is 3.75. The highest BCUT2D eigenvalue weighted by Crippen LogP contribution is 2.19. The number of rotatable bonds is 4. The molecular weight excluding hydrogens is 287 g/mol. The third-order valence-corrected chi connectivity index (χ3v) is 2.23.